The van der Waals surface area contributed by atoms with Crippen molar-refractivity contribution in [3.05, 3.63) is 5.82 Å². The van der Waals surface area contributed by atoms with Crippen LogP contribution in [0.4, 0.5) is 0 Å². The maximum absolute atomic E-state index is 12.0. The molecule has 2 amide bonds. The molecule has 1 aliphatic rings. The van der Waals surface area contributed by atoms with Gasteiger partial charge in [-0.2, -0.15) is 0 Å². The van der Waals surface area contributed by atoms with Gasteiger partial charge in [-0.1, -0.05) is 39.5 Å². The van der Waals surface area contributed by atoms with E-state index in [4.69, 9.17) is 0 Å². The van der Waals surface area contributed by atoms with Gasteiger partial charge in [-0.05, 0) is 5.41 Å². The summed E-state index contributed by atoms with van der Waals surface area (Å²) in [7, 11) is 0. The number of aromatic nitrogens is 3. The molecule has 0 spiro atoms. The first-order chi connectivity index (χ1) is 10.8. The zero-order chi connectivity index (χ0) is 17.0. The van der Waals surface area contributed by atoms with Crippen LogP contribution >= 0.6 is 11.8 Å². The second kappa shape index (κ2) is 7.33. The number of hydrogen-bond acceptors (Lipinski definition) is 5. The largest absolute Gasteiger partial charge is 0.350 e. The van der Waals surface area contributed by atoms with Crippen molar-refractivity contribution < 1.29 is 9.59 Å². The number of thioether (sulfide) groups is 1. The predicted molar refractivity (Wildman–Crippen MR) is 89.1 cm³/mol. The van der Waals surface area contributed by atoms with Crippen LogP contribution in [-0.4, -0.2) is 56.8 Å². The number of amides is 2. The van der Waals surface area contributed by atoms with E-state index in [1.54, 1.807) is 0 Å². The third kappa shape index (κ3) is 5.53. The zero-order valence-electron chi connectivity index (χ0n) is 14.2. The molecule has 23 heavy (non-hydrogen) atoms. The Morgan fingerprint density at radius 3 is 2.83 bits per heavy atom. The lowest BCUT2D eigenvalue weighted by atomic mass is 9.96. The lowest BCUT2D eigenvalue weighted by Gasteiger charge is -2.26. The molecule has 1 atom stereocenters. The maximum Gasteiger partial charge on any atom is 0.230 e. The Kier molecular flexibility index (Phi) is 5.67. The second-order valence-corrected chi connectivity index (χ2v) is 7.95. The van der Waals surface area contributed by atoms with Gasteiger partial charge < -0.3 is 10.2 Å². The van der Waals surface area contributed by atoms with E-state index < -0.39 is 0 Å². The number of nitrogens with zero attached hydrogens (tertiary/aromatic N) is 3. The summed E-state index contributed by atoms with van der Waals surface area (Å²) >= 11 is 1.30. The fourth-order valence-corrected chi connectivity index (χ4v) is 3.12. The van der Waals surface area contributed by atoms with E-state index in [9.17, 15) is 9.59 Å². The number of nitrogens with one attached hydrogen (secondary N) is 2. The first-order valence-corrected chi connectivity index (χ1v) is 8.86. The minimum absolute atomic E-state index is 0.0625. The zero-order valence-corrected chi connectivity index (χ0v) is 15.0. The normalized spacial score (nSPS) is 18.5. The van der Waals surface area contributed by atoms with Crippen LogP contribution in [0.15, 0.2) is 5.16 Å². The summed E-state index contributed by atoms with van der Waals surface area (Å²) < 4.78 is 0. The highest BCUT2D eigenvalue weighted by atomic mass is 32.2. The lowest BCUT2D eigenvalue weighted by Crippen LogP contribution is -2.39. The van der Waals surface area contributed by atoms with Crippen LogP contribution in [0.5, 0.6) is 0 Å². The quantitative estimate of drug-likeness (QED) is 0.761. The van der Waals surface area contributed by atoms with E-state index in [1.807, 2.05) is 11.8 Å². The van der Waals surface area contributed by atoms with Gasteiger partial charge in [-0.25, -0.2) is 4.98 Å². The average molecular weight is 339 g/mol. The van der Waals surface area contributed by atoms with Gasteiger partial charge >= 0.3 is 0 Å². The maximum atomic E-state index is 12.0. The van der Waals surface area contributed by atoms with Gasteiger partial charge in [-0.15, -0.1) is 5.10 Å². The van der Waals surface area contributed by atoms with E-state index in [0.717, 1.165) is 12.2 Å². The van der Waals surface area contributed by atoms with Crippen LogP contribution in [0.1, 0.15) is 39.9 Å². The molecule has 1 aromatic rings. The van der Waals surface area contributed by atoms with Gasteiger partial charge in [0.15, 0.2) is 0 Å². The molecular weight excluding hydrogens is 314 g/mol. The fraction of sp³-hybridized carbons (Fsp3) is 0.733. The van der Waals surface area contributed by atoms with Crippen molar-refractivity contribution in [1.29, 1.82) is 0 Å². The summed E-state index contributed by atoms with van der Waals surface area (Å²) in [6, 6.07) is -0.101. The Labute approximate surface area is 141 Å². The van der Waals surface area contributed by atoms with Crippen molar-refractivity contribution in [2.24, 2.45) is 5.41 Å². The first-order valence-electron chi connectivity index (χ1n) is 7.88. The van der Waals surface area contributed by atoms with Crippen molar-refractivity contribution in [3.8, 4) is 0 Å². The summed E-state index contributed by atoms with van der Waals surface area (Å²) in [6.07, 6.45) is 1.17. The molecule has 0 unspecified atom stereocenters. The van der Waals surface area contributed by atoms with E-state index in [0.29, 0.717) is 24.7 Å². The Balaban J connectivity index is 1.76. The lowest BCUT2D eigenvalue weighted by molar-refractivity contribution is -0.128. The van der Waals surface area contributed by atoms with Crippen LogP contribution in [0, 0.1) is 5.41 Å². The monoisotopic (exact) mass is 339 g/mol. The molecule has 2 N–H and O–H groups in total. The molecule has 2 heterocycles. The number of carbonyl (C=O) groups is 2. The number of rotatable bonds is 6. The summed E-state index contributed by atoms with van der Waals surface area (Å²) in [4.78, 5) is 30.1. The molecular formula is C15H25N5O2S. The van der Waals surface area contributed by atoms with E-state index in [-0.39, 0.29) is 29.0 Å². The highest BCUT2D eigenvalue weighted by Crippen LogP contribution is 2.20. The van der Waals surface area contributed by atoms with Crippen molar-refractivity contribution >= 4 is 23.6 Å². The molecule has 0 aromatic carbocycles. The van der Waals surface area contributed by atoms with E-state index in [1.165, 1.54) is 11.8 Å². The van der Waals surface area contributed by atoms with Crippen LogP contribution in [-0.2, 0) is 16.0 Å². The third-order valence-electron chi connectivity index (χ3n) is 3.42. The van der Waals surface area contributed by atoms with Gasteiger partial charge in [-0.3, -0.25) is 14.7 Å². The van der Waals surface area contributed by atoms with Crippen molar-refractivity contribution in [2.75, 3.05) is 18.8 Å². The van der Waals surface area contributed by atoms with Gasteiger partial charge in [0.05, 0.1) is 11.8 Å². The number of carbonyl (C=O) groups excluding carboxylic acids is 2. The average Bonchev–Trinajstić information content (AvgIpc) is 3.02. The minimum atomic E-state index is -0.101. The molecule has 128 valence electrons. The highest BCUT2D eigenvalue weighted by Gasteiger charge is 2.32. The molecule has 1 fully saturated rings. The smallest absolute Gasteiger partial charge is 0.230 e. The molecule has 0 saturated carbocycles. The van der Waals surface area contributed by atoms with Crippen LogP contribution in [0.2, 0.25) is 0 Å². The number of aryl methyl sites for hydroxylation is 1. The Bertz CT molecular complexity index is 566. The van der Waals surface area contributed by atoms with Gasteiger partial charge in [0, 0.05) is 25.9 Å². The second-order valence-electron chi connectivity index (χ2n) is 7.01. The van der Waals surface area contributed by atoms with E-state index >= 15 is 0 Å². The highest BCUT2D eigenvalue weighted by molar-refractivity contribution is 7.99. The van der Waals surface area contributed by atoms with Gasteiger partial charge in [0.25, 0.3) is 0 Å². The number of likely N-dealkylation sites (tertiary alicyclic amines) is 1. The summed E-state index contributed by atoms with van der Waals surface area (Å²) in [5.74, 6) is 1.09. The molecule has 2 rings (SSSR count). The summed E-state index contributed by atoms with van der Waals surface area (Å²) in [5, 5.41) is 10.4. The number of aromatic amines is 1. The molecule has 1 aliphatic heterocycles. The Morgan fingerprint density at radius 2 is 2.22 bits per heavy atom. The molecule has 0 aliphatic carbocycles. The topological polar surface area (TPSA) is 91.0 Å². The van der Waals surface area contributed by atoms with Crippen LogP contribution in [0.3, 0.4) is 0 Å². The molecule has 1 aromatic heterocycles. The standard InChI is InChI=1S/C15H25N5O2S/c1-5-11-17-14(19-18-11)23-8-12(21)16-10-6-13(22)20(7-10)9-15(2,3)4/h10H,5-9H2,1-4H3,(H,16,21)(H,17,18,19)/t10-/m0/s1. The first kappa shape index (κ1) is 17.8. The van der Waals surface area contributed by atoms with Gasteiger partial charge in [0.2, 0.25) is 17.0 Å². The Morgan fingerprint density at radius 1 is 1.48 bits per heavy atom. The molecule has 8 heteroatoms. The molecule has 1 saturated heterocycles. The van der Waals surface area contributed by atoms with Crippen LogP contribution < -0.4 is 5.32 Å². The SMILES string of the molecule is CCc1nc(SCC(=O)N[C@H]2CC(=O)N(CC(C)(C)C)C2)n[nH]1. The van der Waals surface area contributed by atoms with Crippen molar-refractivity contribution in [2.45, 2.75) is 51.7 Å². The number of hydrogen-bond donors (Lipinski definition) is 2. The predicted octanol–water partition coefficient (Wildman–Crippen LogP) is 1.22. The third-order valence-corrected chi connectivity index (χ3v) is 4.27. The van der Waals surface area contributed by atoms with Crippen LogP contribution in [0.25, 0.3) is 0 Å². The summed E-state index contributed by atoms with van der Waals surface area (Å²) in [5.41, 5.74) is 0.0625. The summed E-state index contributed by atoms with van der Waals surface area (Å²) in [6.45, 7) is 9.60. The van der Waals surface area contributed by atoms with Crippen molar-refractivity contribution in [3.63, 3.8) is 0 Å². The van der Waals surface area contributed by atoms with E-state index in [2.05, 4.69) is 41.3 Å². The minimum Gasteiger partial charge on any atom is -0.350 e. The molecule has 0 radical (unpaired) electrons. The molecule has 7 nitrogen and oxygen atoms in total. The van der Waals surface area contributed by atoms with Gasteiger partial charge in [0.1, 0.15) is 5.82 Å². The molecule has 0 bridgehead atoms. The number of H-pyrrole nitrogens is 1. The Hall–Kier alpha value is -1.57. The van der Waals surface area contributed by atoms with Crippen molar-refractivity contribution in [1.82, 2.24) is 25.4 Å². The fourth-order valence-electron chi connectivity index (χ4n) is 2.49.